The van der Waals surface area contributed by atoms with Gasteiger partial charge >= 0.3 is 0 Å². The summed E-state index contributed by atoms with van der Waals surface area (Å²) in [5.41, 5.74) is 0.0837. The van der Waals surface area contributed by atoms with Crippen molar-refractivity contribution in [2.45, 2.75) is 6.92 Å². The Morgan fingerprint density at radius 1 is 1.33 bits per heavy atom. The van der Waals surface area contributed by atoms with Crippen molar-refractivity contribution < 1.29 is 13.6 Å². The summed E-state index contributed by atoms with van der Waals surface area (Å²) in [6.07, 6.45) is 0. The van der Waals surface area contributed by atoms with Crippen LogP contribution in [-0.2, 0) is 0 Å². The molecule has 0 aromatic heterocycles. The smallest absolute Gasteiger partial charge is 0.171 e. The SMILES string of the molecule is Cc1ccc(C(=O)C2CNC2)c(F)c1F. The quantitative estimate of drug-likeness (QED) is 0.754. The third-order valence-corrected chi connectivity index (χ3v) is 2.69. The van der Waals surface area contributed by atoms with Crippen molar-refractivity contribution in [2.75, 3.05) is 13.1 Å². The first-order valence-corrected chi connectivity index (χ1v) is 4.81. The number of ketones is 1. The molecule has 15 heavy (non-hydrogen) atoms. The van der Waals surface area contributed by atoms with Crippen molar-refractivity contribution in [3.8, 4) is 0 Å². The van der Waals surface area contributed by atoms with Crippen LogP contribution >= 0.6 is 0 Å². The normalized spacial score (nSPS) is 16.2. The van der Waals surface area contributed by atoms with Crippen LogP contribution in [0.2, 0.25) is 0 Å². The summed E-state index contributed by atoms with van der Waals surface area (Å²) >= 11 is 0. The molecule has 1 aromatic rings. The summed E-state index contributed by atoms with van der Waals surface area (Å²) in [5, 5.41) is 2.92. The van der Waals surface area contributed by atoms with E-state index in [2.05, 4.69) is 5.32 Å². The fraction of sp³-hybridized carbons (Fsp3) is 0.364. The highest BCUT2D eigenvalue weighted by Gasteiger charge is 2.28. The molecule has 1 aromatic carbocycles. The van der Waals surface area contributed by atoms with Gasteiger partial charge in [-0.15, -0.1) is 0 Å². The van der Waals surface area contributed by atoms with Crippen LogP contribution in [0, 0.1) is 24.5 Å². The van der Waals surface area contributed by atoms with Gasteiger partial charge in [0.2, 0.25) is 0 Å². The van der Waals surface area contributed by atoms with Gasteiger partial charge < -0.3 is 5.32 Å². The largest absolute Gasteiger partial charge is 0.315 e. The van der Waals surface area contributed by atoms with Crippen molar-refractivity contribution in [3.63, 3.8) is 0 Å². The number of rotatable bonds is 2. The monoisotopic (exact) mass is 211 g/mol. The van der Waals surface area contributed by atoms with E-state index >= 15 is 0 Å². The molecule has 0 aliphatic carbocycles. The predicted octanol–water partition coefficient (Wildman–Crippen LogP) is 1.68. The first-order valence-electron chi connectivity index (χ1n) is 4.81. The first kappa shape index (κ1) is 10.2. The number of carbonyl (C=O) groups excluding carboxylic acids is 1. The van der Waals surface area contributed by atoms with E-state index in [-0.39, 0.29) is 22.8 Å². The molecule has 0 radical (unpaired) electrons. The molecule has 0 spiro atoms. The average Bonchev–Trinajstić information content (AvgIpc) is 2.11. The first-order chi connectivity index (χ1) is 7.11. The molecule has 2 rings (SSSR count). The van der Waals surface area contributed by atoms with Crippen LogP contribution in [0.15, 0.2) is 12.1 Å². The topological polar surface area (TPSA) is 29.1 Å². The minimum absolute atomic E-state index is 0.135. The minimum atomic E-state index is -1.02. The van der Waals surface area contributed by atoms with E-state index in [0.717, 1.165) is 0 Å². The molecule has 0 amide bonds. The standard InChI is InChI=1S/C11H11F2NO/c1-6-2-3-8(10(13)9(6)12)11(15)7-4-14-5-7/h2-3,7,14H,4-5H2,1H3. The maximum Gasteiger partial charge on any atom is 0.171 e. The number of nitrogens with one attached hydrogen (secondary N) is 1. The Labute approximate surface area is 86.3 Å². The lowest BCUT2D eigenvalue weighted by Gasteiger charge is -2.25. The Morgan fingerprint density at radius 3 is 2.53 bits per heavy atom. The highest BCUT2D eigenvalue weighted by Crippen LogP contribution is 2.20. The fourth-order valence-electron chi connectivity index (χ4n) is 1.53. The Hall–Kier alpha value is -1.29. The number of carbonyl (C=O) groups is 1. The summed E-state index contributed by atoms with van der Waals surface area (Å²) in [6.45, 7) is 2.57. The molecule has 0 saturated carbocycles. The second-order valence-electron chi connectivity index (χ2n) is 3.78. The number of Topliss-reactive ketones (excluding diaryl/α,β-unsaturated/α-hetero) is 1. The van der Waals surface area contributed by atoms with E-state index in [4.69, 9.17) is 0 Å². The molecular weight excluding hydrogens is 200 g/mol. The van der Waals surface area contributed by atoms with Gasteiger partial charge in [-0.1, -0.05) is 6.07 Å². The second-order valence-corrected chi connectivity index (χ2v) is 3.78. The minimum Gasteiger partial charge on any atom is -0.315 e. The van der Waals surface area contributed by atoms with Gasteiger partial charge in [-0.3, -0.25) is 4.79 Å². The number of hydrogen-bond acceptors (Lipinski definition) is 2. The molecule has 80 valence electrons. The zero-order valence-corrected chi connectivity index (χ0v) is 8.31. The van der Waals surface area contributed by atoms with E-state index in [1.165, 1.54) is 19.1 Å². The highest BCUT2D eigenvalue weighted by atomic mass is 19.2. The molecule has 0 atom stereocenters. The number of hydrogen-bond donors (Lipinski definition) is 1. The van der Waals surface area contributed by atoms with Crippen molar-refractivity contribution in [1.29, 1.82) is 0 Å². The van der Waals surface area contributed by atoms with Gasteiger partial charge in [0.25, 0.3) is 0 Å². The number of halogens is 2. The Balaban J connectivity index is 2.35. The highest BCUT2D eigenvalue weighted by molar-refractivity contribution is 5.99. The van der Waals surface area contributed by atoms with E-state index in [0.29, 0.717) is 13.1 Å². The van der Waals surface area contributed by atoms with Crippen LogP contribution in [0.4, 0.5) is 8.78 Å². The van der Waals surface area contributed by atoms with Crippen molar-refractivity contribution >= 4 is 5.78 Å². The summed E-state index contributed by atoms with van der Waals surface area (Å²) in [4.78, 5) is 11.7. The van der Waals surface area contributed by atoms with Crippen molar-refractivity contribution in [1.82, 2.24) is 5.32 Å². The summed E-state index contributed by atoms with van der Waals surface area (Å²) in [7, 11) is 0. The van der Waals surface area contributed by atoms with Gasteiger partial charge in [0.05, 0.1) is 5.56 Å². The van der Waals surface area contributed by atoms with Gasteiger partial charge in [-0.2, -0.15) is 0 Å². The third-order valence-electron chi connectivity index (χ3n) is 2.69. The zero-order valence-electron chi connectivity index (χ0n) is 8.31. The van der Waals surface area contributed by atoms with Crippen LogP contribution in [0.3, 0.4) is 0 Å². The van der Waals surface area contributed by atoms with E-state index < -0.39 is 11.6 Å². The molecule has 0 bridgehead atoms. The Kier molecular flexibility index (Phi) is 2.52. The number of aryl methyl sites for hydroxylation is 1. The molecule has 2 nitrogen and oxygen atoms in total. The van der Waals surface area contributed by atoms with E-state index in [1.807, 2.05) is 0 Å². The van der Waals surface area contributed by atoms with Crippen molar-refractivity contribution in [2.24, 2.45) is 5.92 Å². The second kappa shape index (κ2) is 3.70. The van der Waals surface area contributed by atoms with Crippen molar-refractivity contribution in [3.05, 3.63) is 34.9 Å². The van der Waals surface area contributed by atoms with Crippen LogP contribution in [0.5, 0.6) is 0 Å². The maximum atomic E-state index is 13.4. The Morgan fingerprint density at radius 2 is 2.00 bits per heavy atom. The molecule has 1 saturated heterocycles. The summed E-state index contributed by atoms with van der Waals surface area (Å²) in [5.74, 6) is -2.47. The molecule has 1 heterocycles. The van der Waals surface area contributed by atoms with Gasteiger partial charge in [0.15, 0.2) is 17.4 Å². The summed E-state index contributed by atoms with van der Waals surface area (Å²) < 4.78 is 26.6. The lowest BCUT2D eigenvalue weighted by Crippen LogP contribution is -2.46. The van der Waals surface area contributed by atoms with Crippen LogP contribution in [-0.4, -0.2) is 18.9 Å². The lowest BCUT2D eigenvalue weighted by molar-refractivity contribution is 0.0873. The Bertz CT molecular complexity index is 413. The maximum absolute atomic E-state index is 13.4. The van der Waals surface area contributed by atoms with Gasteiger partial charge in [-0.05, 0) is 18.6 Å². The molecule has 0 unspecified atom stereocenters. The fourth-order valence-corrected chi connectivity index (χ4v) is 1.53. The number of benzene rings is 1. The predicted molar refractivity (Wildman–Crippen MR) is 51.8 cm³/mol. The molecule has 1 aliphatic rings. The van der Waals surface area contributed by atoms with Crippen LogP contribution in [0.1, 0.15) is 15.9 Å². The average molecular weight is 211 g/mol. The summed E-state index contributed by atoms with van der Waals surface area (Å²) in [6, 6.07) is 2.78. The van der Waals surface area contributed by atoms with Gasteiger partial charge in [-0.25, -0.2) is 8.78 Å². The molecule has 1 N–H and O–H groups in total. The molecular formula is C11H11F2NO. The van der Waals surface area contributed by atoms with Crippen LogP contribution in [0.25, 0.3) is 0 Å². The van der Waals surface area contributed by atoms with Crippen LogP contribution < -0.4 is 5.32 Å². The molecule has 4 heteroatoms. The van der Waals surface area contributed by atoms with Gasteiger partial charge in [0.1, 0.15) is 0 Å². The van der Waals surface area contributed by atoms with Gasteiger partial charge in [0, 0.05) is 19.0 Å². The zero-order chi connectivity index (χ0) is 11.0. The van der Waals surface area contributed by atoms with E-state index in [9.17, 15) is 13.6 Å². The van der Waals surface area contributed by atoms with E-state index in [1.54, 1.807) is 0 Å². The third kappa shape index (κ3) is 1.65. The molecule has 1 fully saturated rings. The lowest BCUT2D eigenvalue weighted by atomic mass is 9.92. The molecule has 1 aliphatic heterocycles.